The van der Waals surface area contributed by atoms with E-state index in [0.717, 1.165) is 18.9 Å². The summed E-state index contributed by atoms with van der Waals surface area (Å²) >= 11 is 0. The Kier molecular flexibility index (Phi) is 7.81. The largest absolute Gasteiger partial charge is 0.450 e. The molecule has 0 aromatic rings. The number of nitrogens with zero attached hydrogens (tertiary/aromatic N) is 1. The number of carbonyl (C=O) groups excluding carboxylic acids is 1. The van der Waals surface area contributed by atoms with Crippen LogP contribution in [0.5, 0.6) is 0 Å². The maximum absolute atomic E-state index is 11.8. The van der Waals surface area contributed by atoms with Crippen molar-refractivity contribution in [3.8, 4) is 0 Å². The molecule has 0 saturated heterocycles. The first-order chi connectivity index (χ1) is 8.91. The molecule has 0 aliphatic carbocycles. The van der Waals surface area contributed by atoms with E-state index in [1.165, 1.54) is 0 Å². The van der Waals surface area contributed by atoms with Crippen molar-refractivity contribution in [2.45, 2.75) is 65.3 Å². The molecule has 120 valence electrons. The van der Waals surface area contributed by atoms with E-state index in [1.807, 2.05) is 0 Å². The minimum atomic E-state index is -1.14. The third kappa shape index (κ3) is 11.3. The molecule has 0 aliphatic heterocycles. The maximum atomic E-state index is 11.8. The van der Waals surface area contributed by atoms with Crippen LogP contribution in [-0.4, -0.2) is 45.3 Å². The highest BCUT2D eigenvalue weighted by atomic mass is 28.3. The smallest absolute Gasteiger partial charge is 0.409 e. The van der Waals surface area contributed by atoms with Crippen LogP contribution in [0, 0.1) is 5.41 Å². The van der Waals surface area contributed by atoms with E-state index in [0.29, 0.717) is 13.2 Å². The molecule has 0 spiro atoms. The van der Waals surface area contributed by atoms with Crippen molar-refractivity contribution >= 4 is 14.2 Å². The fourth-order valence-corrected chi connectivity index (χ4v) is 2.61. The molecule has 0 aliphatic rings. The summed E-state index contributed by atoms with van der Waals surface area (Å²) in [6.07, 6.45) is 1.55. The van der Waals surface area contributed by atoms with Crippen LogP contribution in [0.2, 0.25) is 25.7 Å². The molecule has 0 aromatic carbocycles. The van der Waals surface area contributed by atoms with Gasteiger partial charge in [0, 0.05) is 27.7 Å². The van der Waals surface area contributed by atoms with Crippen LogP contribution < -0.4 is 5.73 Å². The van der Waals surface area contributed by atoms with Gasteiger partial charge in [0.25, 0.3) is 0 Å². The highest BCUT2D eigenvalue weighted by Crippen LogP contribution is 2.21. The Morgan fingerprint density at radius 1 is 1.30 bits per heavy atom. The van der Waals surface area contributed by atoms with Crippen LogP contribution in [-0.2, 0) is 4.74 Å². The molecule has 2 N–H and O–H groups in total. The molecule has 0 heterocycles. The number of hydrogen-bond donors (Lipinski definition) is 1. The maximum Gasteiger partial charge on any atom is 0.409 e. The Morgan fingerprint density at radius 2 is 1.85 bits per heavy atom. The highest BCUT2D eigenvalue weighted by Gasteiger charge is 2.18. The lowest BCUT2D eigenvalue weighted by atomic mass is 9.87. The molecule has 0 saturated carbocycles. The average Bonchev–Trinajstić information content (AvgIpc) is 2.21. The first-order valence-electron chi connectivity index (χ1n) is 7.54. The van der Waals surface area contributed by atoms with E-state index in [-0.39, 0.29) is 17.6 Å². The van der Waals surface area contributed by atoms with Crippen molar-refractivity contribution in [2.75, 3.05) is 20.2 Å². The fraction of sp³-hybridized carbons (Fsp3) is 0.933. The monoisotopic (exact) mass is 302 g/mol. The van der Waals surface area contributed by atoms with Crippen molar-refractivity contribution in [3.05, 3.63) is 0 Å². The van der Waals surface area contributed by atoms with Crippen molar-refractivity contribution in [3.63, 3.8) is 0 Å². The van der Waals surface area contributed by atoms with E-state index < -0.39 is 8.07 Å². The van der Waals surface area contributed by atoms with Gasteiger partial charge in [-0.2, -0.15) is 0 Å². The first-order valence-corrected chi connectivity index (χ1v) is 11.2. The van der Waals surface area contributed by atoms with Gasteiger partial charge in [0.05, 0.1) is 6.61 Å². The minimum absolute atomic E-state index is 0.132. The van der Waals surface area contributed by atoms with E-state index in [4.69, 9.17) is 10.5 Å². The quantitative estimate of drug-likeness (QED) is 0.732. The molecular formula is C15H34N2O2Si. The Morgan fingerprint density at radius 3 is 2.30 bits per heavy atom. The third-order valence-electron chi connectivity index (χ3n) is 3.10. The molecule has 0 unspecified atom stereocenters. The number of ether oxygens (including phenoxy) is 1. The summed E-state index contributed by atoms with van der Waals surface area (Å²) in [5, 5.41) is 0. The minimum Gasteiger partial charge on any atom is -0.450 e. The Labute approximate surface area is 126 Å². The second-order valence-electron chi connectivity index (χ2n) is 8.16. The first kappa shape index (κ1) is 19.4. The lowest BCUT2D eigenvalue weighted by molar-refractivity contribution is 0.114. The lowest BCUT2D eigenvalue weighted by Gasteiger charge is -2.25. The van der Waals surface area contributed by atoms with Gasteiger partial charge in [-0.15, -0.1) is 0 Å². The summed E-state index contributed by atoms with van der Waals surface area (Å²) in [7, 11) is 0.641. The number of carbonyl (C=O) groups is 1. The van der Waals surface area contributed by atoms with E-state index in [1.54, 1.807) is 11.9 Å². The van der Waals surface area contributed by atoms with Crippen molar-refractivity contribution in [1.29, 1.82) is 0 Å². The molecule has 0 aromatic heterocycles. The zero-order chi connectivity index (χ0) is 16.0. The standard InChI is InChI=1S/C15H34N2O2Si/c1-15(2,3)12-13(16)8-9-17(4)14(18)19-10-11-20(5,6)7/h13H,8-12,16H2,1-7H3/t13-/m1/s1. The van der Waals surface area contributed by atoms with Gasteiger partial charge in [0.15, 0.2) is 0 Å². The van der Waals surface area contributed by atoms with Gasteiger partial charge in [-0.3, -0.25) is 0 Å². The molecule has 1 atom stereocenters. The second kappa shape index (κ2) is 8.03. The normalized spacial score (nSPS) is 14.0. The van der Waals surface area contributed by atoms with Crippen LogP contribution in [0.4, 0.5) is 4.79 Å². The summed E-state index contributed by atoms with van der Waals surface area (Å²) in [5.41, 5.74) is 6.32. The summed E-state index contributed by atoms with van der Waals surface area (Å²) in [6.45, 7) is 14.6. The van der Waals surface area contributed by atoms with E-state index in [9.17, 15) is 4.79 Å². The molecule has 0 fully saturated rings. The van der Waals surface area contributed by atoms with Crippen LogP contribution in [0.15, 0.2) is 0 Å². The highest BCUT2D eigenvalue weighted by molar-refractivity contribution is 6.76. The molecule has 1 amide bonds. The summed E-state index contributed by atoms with van der Waals surface area (Å²) in [5.74, 6) is 0. The van der Waals surface area contributed by atoms with Crippen LogP contribution in [0.3, 0.4) is 0 Å². The predicted molar refractivity (Wildman–Crippen MR) is 88.8 cm³/mol. The number of amides is 1. The van der Waals surface area contributed by atoms with Gasteiger partial charge in [0.2, 0.25) is 0 Å². The number of nitrogens with two attached hydrogens (primary N) is 1. The molecular weight excluding hydrogens is 268 g/mol. The average molecular weight is 303 g/mol. The van der Waals surface area contributed by atoms with Crippen LogP contribution >= 0.6 is 0 Å². The molecule has 0 radical (unpaired) electrons. The Bertz CT molecular complexity index is 295. The Hall–Kier alpha value is -0.553. The molecule has 5 heteroatoms. The lowest BCUT2D eigenvalue weighted by Crippen LogP contribution is -2.35. The van der Waals surface area contributed by atoms with Gasteiger partial charge >= 0.3 is 6.09 Å². The number of rotatable bonds is 7. The third-order valence-corrected chi connectivity index (χ3v) is 4.80. The van der Waals surface area contributed by atoms with E-state index >= 15 is 0 Å². The van der Waals surface area contributed by atoms with Crippen LogP contribution in [0.25, 0.3) is 0 Å². The molecule has 4 nitrogen and oxygen atoms in total. The van der Waals surface area contributed by atoms with Gasteiger partial charge < -0.3 is 15.4 Å². The molecule has 0 rings (SSSR count). The van der Waals surface area contributed by atoms with Crippen LogP contribution in [0.1, 0.15) is 33.6 Å². The van der Waals surface area contributed by atoms with Gasteiger partial charge in [-0.05, 0) is 24.3 Å². The van der Waals surface area contributed by atoms with E-state index in [2.05, 4.69) is 40.4 Å². The SMILES string of the molecule is CN(CC[C@@H](N)CC(C)(C)C)C(=O)OCC[Si](C)(C)C. The summed E-state index contributed by atoms with van der Waals surface area (Å²) in [4.78, 5) is 13.4. The van der Waals surface area contributed by atoms with Crippen molar-refractivity contribution in [2.24, 2.45) is 11.1 Å². The second-order valence-corrected chi connectivity index (χ2v) is 13.8. The predicted octanol–water partition coefficient (Wildman–Crippen LogP) is 3.55. The van der Waals surface area contributed by atoms with Gasteiger partial charge in [0.1, 0.15) is 0 Å². The zero-order valence-corrected chi connectivity index (χ0v) is 15.5. The van der Waals surface area contributed by atoms with Crippen molar-refractivity contribution in [1.82, 2.24) is 4.90 Å². The summed E-state index contributed by atoms with van der Waals surface area (Å²) < 4.78 is 5.29. The number of hydrogen-bond acceptors (Lipinski definition) is 3. The zero-order valence-electron chi connectivity index (χ0n) is 14.5. The Balaban J connectivity index is 3.91. The van der Waals surface area contributed by atoms with Gasteiger partial charge in [-0.25, -0.2) is 4.79 Å². The van der Waals surface area contributed by atoms with Gasteiger partial charge in [-0.1, -0.05) is 40.4 Å². The van der Waals surface area contributed by atoms with Crippen molar-refractivity contribution < 1.29 is 9.53 Å². The summed E-state index contributed by atoms with van der Waals surface area (Å²) in [6, 6.07) is 1.14. The molecule has 20 heavy (non-hydrogen) atoms. The molecule has 0 bridgehead atoms. The topological polar surface area (TPSA) is 55.6 Å². The fourth-order valence-electron chi connectivity index (χ4n) is 1.89.